The molecule has 1 aromatic carbocycles. The molecule has 1 saturated heterocycles. The number of aliphatic carboxylic acids is 1. The largest absolute Gasteiger partial charge is 0.481 e. The first-order valence-corrected chi connectivity index (χ1v) is 8.61. The minimum Gasteiger partial charge on any atom is -0.481 e. The third-order valence-corrected chi connectivity index (χ3v) is 4.65. The zero-order chi connectivity index (χ0) is 15.9. The number of carbonyl (C=O) groups is 2. The van der Waals surface area contributed by atoms with Crippen LogP contribution < -0.4 is 0 Å². The van der Waals surface area contributed by atoms with Crippen molar-refractivity contribution in [2.75, 3.05) is 6.54 Å². The number of hydrogen-bond donors (Lipinski definition) is 1. The number of piperidine rings is 1. The number of carboxylic acids is 1. The Labute approximate surface area is 139 Å². The molecule has 0 bridgehead atoms. The Bertz CT molecular complexity index is 532. The smallest absolute Gasteiger partial charge is 0.303 e. The van der Waals surface area contributed by atoms with Crippen LogP contribution in [0.5, 0.6) is 0 Å². The van der Waals surface area contributed by atoms with E-state index in [1.165, 1.54) is 0 Å². The second kappa shape index (κ2) is 8.32. The van der Waals surface area contributed by atoms with Crippen LogP contribution in [0.2, 0.25) is 0 Å². The Morgan fingerprint density at radius 1 is 1.27 bits per heavy atom. The zero-order valence-electron chi connectivity index (χ0n) is 12.6. The summed E-state index contributed by atoms with van der Waals surface area (Å²) in [5.41, 5.74) is 1.14. The second-order valence-corrected chi connectivity index (χ2v) is 6.71. The normalized spacial score (nSPS) is 18.2. The summed E-state index contributed by atoms with van der Waals surface area (Å²) in [6.07, 6.45) is 4.94. The van der Waals surface area contributed by atoms with Crippen LogP contribution in [-0.4, -0.2) is 34.5 Å². The molecule has 1 heterocycles. The molecule has 22 heavy (non-hydrogen) atoms. The molecule has 4 nitrogen and oxygen atoms in total. The predicted octanol–water partition coefficient (Wildman–Crippen LogP) is 3.63. The van der Waals surface area contributed by atoms with E-state index in [-0.39, 0.29) is 18.4 Å². The van der Waals surface area contributed by atoms with Gasteiger partial charge in [-0.25, -0.2) is 0 Å². The van der Waals surface area contributed by atoms with Crippen molar-refractivity contribution < 1.29 is 14.7 Å². The van der Waals surface area contributed by atoms with E-state index in [4.69, 9.17) is 5.11 Å². The lowest BCUT2D eigenvalue weighted by atomic mass is 9.97. The summed E-state index contributed by atoms with van der Waals surface area (Å²) in [6.45, 7) is 0.765. The Morgan fingerprint density at radius 2 is 2.09 bits per heavy atom. The zero-order valence-corrected chi connectivity index (χ0v) is 14.2. The van der Waals surface area contributed by atoms with Crippen LogP contribution in [0.25, 0.3) is 0 Å². The van der Waals surface area contributed by atoms with Gasteiger partial charge in [-0.3, -0.25) is 9.59 Å². The summed E-state index contributed by atoms with van der Waals surface area (Å²) < 4.78 is 1.02. The van der Waals surface area contributed by atoms with Gasteiger partial charge in [-0.2, -0.15) is 0 Å². The minimum atomic E-state index is -0.785. The van der Waals surface area contributed by atoms with Gasteiger partial charge in [-0.15, -0.1) is 0 Å². The number of carbonyl (C=O) groups excluding carboxylic acids is 1. The van der Waals surface area contributed by atoms with E-state index in [2.05, 4.69) is 15.9 Å². The van der Waals surface area contributed by atoms with E-state index in [1.807, 2.05) is 29.2 Å². The Kier molecular flexibility index (Phi) is 6.43. The first kappa shape index (κ1) is 17.0. The number of halogens is 1. The van der Waals surface area contributed by atoms with Crippen LogP contribution in [0, 0.1) is 0 Å². The fourth-order valence-electron chi connectivity index (χ4n) is 3.01. The Hall–Kier alpha value is -1.36. The van der Waals surface area contributed by atoms with Gasteiger partial charge in [-0.1, -0.05) is 28.1 Å². The van der Waals surface area contributed by atoms with Gasteiger partial charge in [0.1, 0.15) is 0 Å². The van der Waals surface area contributed by atoms with Gasteiger partial charge in [0.25, 0.3) is 0 Å². The summed E-state index contributed by atoms with van der Waals surface area (Å²) in [6, 6.07) is 8.10. The van der Waals surface area contributed by atoms with Crippen molar-refractivity contribution in [2.45, 2.75) is 51.0 Å². The number of carboxylic acid groups (broad SMARTS) is 1. The van der Waals surface area contributed by atoms with Gasteiger partial charge >= 0.3 is 5.97 Å². The molecule has 1 unspecified atom stereocenters. The second-order valence-electron chi connectivity index (χ2n) is 5.80. The molecule has 0 aromatic heterocycles. The molecule has 1 atom stereocenters. The van der Waals surface area contributed by atoms with Crippen LogP contribution in [-0.2, 0) is 16.0 Å². The molecule has 0 saturated carbocycles. The van der Waals surface area contributed by atoms with Crippen molar-refractivity contribution in [3.8, 4) is 0 Å². The van der Waals surface area contributed by atoms with Crippen molar-refractivity contribution in [1.82, 2.24) is 4.90 Å². The number of rotatable bonds is 6. The minimum absolute atomic E-state index is 0.0971. The summed E-state index contributed by atoms with van der Waals surface area (Å²) in [5, 5.41) is 8.84. The highest BCUT2D eigenvalue weighted by Crippen LogP contribution is 2.22. The van der Waals surface area contributed by atoms with E-state index in [0.29, 0.717) is 12.8 Å². The molecule has 1 aliphatic heterocycles. The number of hydrogen-bond acceptors (Lipinski definition) is 2. The van der Waals surface area contributed by atoms with Gasteiger partial charge in [0.05, 0.1) is 0 Å². The maximum absolute atomic E-state index is 12.5. The first-order chi connectivity index (χ1) is 10.6. The number of amides is 1. The molecule has 0 spiro atoms. The molecule has 5 heteroatoms. The molecule has 1 fully saturated rings. The predicted molar refractivity (Wildman–Crippen MR) is 88.7 cm³/mol. The SMILES string of the molecule is O=C(O)CCC1CCCCN1C(=O)CCc1cccc(Br)c1. The lowest BCUT2D eigenvalue weighted by molar-refractivity contribution is -0.140. The lowest BCUT2D eigenvalue weighted by Gasteiger charge is -2.35. The van der Waals surface area contributed by atoms with Crippen molar-refractivity contribution >= 4 is 27.8 Å². The molecular formula is C17H22BrNO3. The van der Waals surface area contributed by atoms with Gasteiger partial charge in [0, 0.05) is 29.9 Å². The van der Waals surface area contributed by atoms with Crippen LogP contribution in [0.3, 0.4) is 0 Å². The van der Waals surface area contributed by atoms with Crippen molar-refractivity contribution in [2.24, 2.45) is 0 Å². The first-order valence-electron chi connectivity index (χ1n) is 7.82. The molecule has 1 aliphatic rings. The quantitative estimate of drug-likeness (QED) is 0.834. The van der Waals surface area contributed by atoms with Crippen LogP contribution in [0.1, 0.15) is 44.1 Å². The van der Waals surface area contributed by atoms with Crippen LogP contribution >= 0.6 is 15.9 Å². The fraction of sp³-hybridized carbons (Fsp3) is 0.529. The fourth-order valence-corrected chi connectivity index (χ4v) is 3.45. The monoisotopic (exact) mass is 367 g/mol. The topological polar surface area (TPSA) is 57.6 Å². The lowest BCUT2D eigenvalue weighted by Crippen LogP contribution is -2.44. The molecule has 0 aliphatic carbocycles. The highest BCUT2D eigenvalue weighted by atomic mass is 79.9. The standard InChI is InChI=1S/C17H22BrNO3/c18-14-5-3-4-13(12-14)7-9-16(20)19-11-2-1-6-15(19)8-10-17(21)22/h3-5,12,15H,1-2,6-11H2,(H,21,22). The van der Waals surface area contributed by atoms with E-state index in [1.54, 1.807) is 0 Å². The molecule has 0 radical (unpaired) electrons. The maximum atomic E-state index is 12.5. The van der Waals surface area contributed by atoms with Gasteiger partial charge in [-0.05, 0) is 49.8 Å². The van der Waals surface area contributed by atoms with E-state index < -0.39 is 5.97 Å². The molecule has 120 valence electrons. The van der Waals surface area contributed by atoms with Gasteiger partial charge in [0.15, 0.2) is 0 Å². The van der Waals surface area contributed by atoms with Crippen molar-refractivity contribution in [3.05, 3.63) is 34.3 Å². The highest BCUT2D eigenvalue weighted by molar-refractivity contribution is 9.10. The summed E-state index contributed by atoms with van der Waals surface area (Å²) in [7, 11) is 0. The molecule has 1 aromatic rings. The molecule has 1 N–H and O–H groups in total. The number of aryl methyl sites for hydroxylation is 1. The van der Waals surface area contributed by atoms with Crippen LogP contribution in [0.15, 0.2) is 28.7 Å². The Balaban J connectivity index is 1.89. The number of likely N-dealkylation sites (tertiary alicyclic amines) is 1. The van der Waals surface area contributed by atoms with E-state index in [0.717, 1.165) is 42.3 Å². The van der Waals surface area contributed by atoms with E-state index in [9.17, 15) is 9.59 Å². The third kappa shape index (κ3) is 5.13. The summed E-state index contributed by atoms with van der Waals surface area (Å²) in [4.78, 5) is 25.1. The Morgan fingerprint density at radius 3 is 2.82 bits per heavy atom. The van der Waals surface area contributed by atoms with Gasteiger partial charge in [0.2, 0.25) is 5.91 Å². The molecule has 2 rings (SSSR count). The average Bonchev–Trinajstić information content (AvgIpc) is 2.51. The van der Waals surface area contributed by atoms with Crippen molar-refractivity contribution in [3.63, 3.8) is 0 Å². The van der Waals surface area contributed by atoms with Crippen LogP contribution in [0.4, 0.5) is 0 Å². The summed E-state index contributed by atoms with van der Waals surface area (Å²) in [5.74, 6) is -0.637. The van der Waals surface area contributed by atoms with E-state index >= 15 is 0 Å². The molecular weight excluding hydrogens is 346 g/mol. The number of benzene rings is 1. The highest BCUT2D eigenvalue weighted by Gasteiger charge is 2.26. The van der Waals surface area contributed by atoms with Crippen molar-refractivity contribution in [1.29, 1.82) is 0 Å². The average molecular weight is 368 g/mol. The third-order valence-electron chi connectivity index (χ3n) is 4.16. The maximum Gasteiger partial charge on any atom is 0.303 e. The number of nitrogens with zero attached hydrogens (tertiary/aromatic N) is 1. The molecule has 1 amide bonds. The summed E-state index contributed by atoms with van der Waals surface area (Å²) >= 11 is 3.44. The van der Waals surface area contributed by atoms with Gasteiger partial charge < -0.3 is 10.0 Å².